The van der Waals surface area contributed by atoms with Crippen LogP contribution in [0.25, 0.3) is 0 Å². The first-order valence-corrected chi connectivity index (χ1v) is 8.13. The first-order valence-electron chi connectivity index (χ1n) is 8.13. The van der Waals surface area contributed by atoms with E-state index in [1.54, 1.807) is 20.8 Å². The zero-order valence-corrected chi connectivity index (χ0v) is 14.3. The number of carbonyl (C=O) groups is 3. The van der Waals surface area contributed by atoms with Crippen molar-refractivity contribution in [3.63, 3.8) is 0 Å². The molecule has 1 saturated heterocycles. The van der Waals surface area contributed by atoms with Crippen molar-refractivity contribution in [2.75, 3.05) is 13.2 Å². The largest absolute Gasteiger partial charge is 0.481 e. The summed E-state index contributed by atoms with van der Waals surface area (Å²) < 4.78 is 10.3. The number of hydrogen-bond acceptors (Lipinski definition) is 6. The van der Waals surface area contributed by atoms with Crippen LogP contribution >= 0.6 is 0 Å². The summed E-state index contributed by atoms with van der Waals surface area (Å²) in [7, 11) is 0. The number of epoxide rings is 1. The normalized spacial score (nSPS) is 30.9. The zero-order chi connectivity index (χ0) is 18.1. The molecule has 0 saturated carbocycles. The van der Waals surface area contributed by atoms with Gasteiger partial charge < -0.3 is 19.7 Å². The highest BCUT2D eigenvalue weighted by Crippen LogP contribution is 2.44. The van der Waals surface area contributed by atoms with Gasteiger partial charge in [0, 0.05) is 12.3 Å². The van der Waals surface area contributed by atoms with Gasteiger partial charge in [0.2, 0.25) is 0 Å². The van der Waals surface area contributed by atoms with E-state index >= 15 is 0 Å². The van der Waals surface area contributed by atoms with E-state index in [-0.39, 0.29) is 49.2 Å². The number of aliphatic hydroxyl groups is 1. The second kappa shape index (κ2) is 6.64. The SMILES string of the molecule is CCOC(=O)C1=C(C[C@@H](CC(=O)O)C2(C)CO2)[C@@](C)(O)CCC1=O. The molecular weight excluding hydrogens is 316 g/mol. The lowest BCUT2D eigenvalue weighted by Crippen LogP contribution is -2.39. The van der Waals surface area contributed by atoms with Crippen LogP contribution in [-0.4, -0.2) is 52.4 Å². The number of ether oxygens (including phenoxy) is 2. The first kappa shape index (κ1) is 18.6. The van der Waals surface area contributed by atoms with E-state index < -0.39 is 29.1 Å². The highest BCUT2D eigenvalue weighted by atomic mass is 16.6. The number of Topliss-reactive ketones (excluding diaryl/α,β-unsaturated/α-hetero) is 1. The lowest BCUT2D eigenvalue weighted by atomic mass is 9.73. The molecule has 1 unspecified atom stereocenters. The Balaban J connectivity index is 2.41. The highest BCUT2D eigenvalue weighted by molar-refractivity contribution is 6.18. The molecule has 0 spiro atoms. The van der Waals surface area contributed by atoms with Gasteiger partial charge in [-0.15, -0.1) is 0 Å². The Labute approximate surface area is 140 Å². The molecule has 7 heteroatoms. The molecule has 1 fully saturated rings. The van der Waals surface area contributed by atoms with Gasteiger partial charge in [-0.1, -0.05) is 0 Å². The third-order valence-corrected chi connectivity index (χ3v) is 4.88. The van der Waals surface area contributed by atoms with Gasteiger partial charge in [-0.3, -0.25) is 9.59 Å². The third-order valence-electron chi connectivity index (χ3n) is 4.88. The molecule has 1 aliphatic heterocycles. The Kier molecular flexibility index (Phi) is 5.15. The summed E-state index contributed by atoms with van der Waals surface area (Å²) in [4.78, 5) is 35.7. The van der Waals surface area contributed by atoms with Crippen LogP contribution in [0.1, 0.15) is 46.5 Å². The van der Waals surface area contributed by atoms with Crippen molar-refractivity contribution < 1.29 is 34.1 Å². The van der Waals surface area contributed by atoms with Crippen LogP contribution in [0.2, 0.25) is 0 Å². The Hall–Kier alpha value is -1.73. The Morgan fingerprint density at radius 3 is 2.50 bits per heavy atom. The molecule has 7 nitrogen and oxygen atoms in total. The van der Waals surface area contributed by atoms with Crippen molar-refractivity contribution in [1.82, 2.24) is 0 Å². The monoisotopic (exact) mass is 340 g/mol. The summed E-state index contributed by atoms with van der Waals surface area (Å²) in [5.41, 5.74) is -1.83. The first-order chi connectivity index (χ1) is 11.1. The van der Waals surface area contributed by atoms with Crippen molar-refractivity contribution >= 4 is 17.7 Å². The molecule has 1 heterocycles. The molecule has 3 atom stereocenters. The van der Waals surface area contributed by atoms with E-state index in [4.69, 9.17) is 14.6 Å². The Bertz CT molecular complexity index is 584. The molecule has 2 rings (SSSR count). The molecule has 2 aliphatic rings. The van der Waals surface area contributed by atoms with Gasteiger partial charge in [0.1, 0.15) is 5.57 Å². The van der Waals surface area contributed by atoms with Gasteiger partial charge in [0.25, 0.3) is 0 Å². The van der Waals surface area contributed by atoms with Crippen LogP contribution in [0.15, 0.2) is 11.1 Å². The number of ketones is 1. The summed E-state index contributed by atoms with van der Waals surface area (Å²) >= 11 is 0. The molecule has 134 valence electrons. The quantitative estimate of drug-likeness (QED) is 0.407. The molecular formula is C17H24O7. The summed E-state index contributed by atoms with van der Waals surface area (Å²) in [6.45, 7) is 5.51. The summed E-state index contributed by atoms with van der Waals surface area (Å²) in [6, 6.07) is 0. The third kappa shape index (κ3) is 3.84. The molecule has 0 aromatic carbocycles. The van der Waals surface area contributed by atoms with Crippen LogP contribution < -0.4 is 0 Å². The maximum absolute atomic E-state index is 12.3. The molecule has 0 bridgehead atoms. The molecule has 24 heavy (non-hydrogen) atoms. The molecule has 0 amide bonds. The lowest BCUT2D eigenvalue weighted by Gasteiger charge is -2.35. The minimum absolute atomic E-state index is 0.0576. The predicted molar refractivity (Wildman–Crippen MR) is 83.2 cm³/mol. The van der Waals surface area contributed by atoms with Crippen LogP contribution in [0.3, 0.4) is 0 Å². The van der Waals surface area contributed by atoms with E-state index in [1.807, 2.05) is 0 Å². The minimum atomic E-state index is -1.35. The number of hydrogen-bond donors (Lipinski definition) is 2. The minimum Gasteiger partial charge on any atom is -0.481 e. The van der Waals surface area contributed by atoms with E-state index in [1.165, 1.54) is 0 Å². The smallest absolute Gasteiger partial charge is 0.341 e. The zero-order valence-electron chi connectivity index (χ0n) is 14.3. The molecule has 1 aliphatic carbocycles. The molecule has 0 radical (unpaired) electrons. The average molecular weight is 340 g/mol. The van der Waals surface area contributed by atoms with E-state index in [0.717, 1.165) is 0 Å². The maximum atomic E-state index is 12.3. The van der Waals surface area contributed by atoms with E-state index in [0.29, 0.717) is 6.61 Å². The number of carboxylic acid groups (broad SMARTS) is 1. The number of aliphatic carboxylic acids is 1. The second-order valence-corrected chi connectivity index (χ2v) is 6.87. The van der Waals surface area contributed by atoms with Gasteiger partial charge >= 0.3 is 11.9 Å². The summed E-state index contributed by atoms with van der Waals surface area (Å²) in [5.74, 6) is -2.55. The highest BCUT2D eigenvalue weighted by Gasteiger charge is 2.50. The summed E-state index contributed by atoms with van der Waals surface area (Å²) in [5, 5.41) is 19.9. The Morgan fingerprint density at radius 1 is 1.38 bits per heavy atom. The number of rotatable bonds is 7. The van der Waals surface area contributed by atoms with Crippen molar-refractivity contribution in [3.8, 4) is 0 Å². The van der Waals surface area contributed by atoms with Crippen molar-refractivity contribution in [2.24, 2.45) is 5.92 Å². The standard InChI is InChI=1S/C17H24O7/c1-4-23-15(21)14-11(16(2,22)6-5-12(14)18)7-10(8-13(19)20)17(3)9-24-17/h10,22H,4-9H2,1-3H3,(H,19,20)/t10-,16-,17?/m0/s1. The topological polar surface area (TPSA) is 113 Å². The van der Waals surface area contributed by atoms with Gasteiger partial charge in [-0.25, -0.2) is 4.79 Å². The predicted octanol–water partition coefficient (Wildman–Crippen LogP) is 1.23. The molecule has 0 aromatic heterocycles. The van der Waals surface area contributed by atoms with Gasteiger partial charge in [0.05, 0.1) is 30.8 Å². The lowest BCUT2D eigenvalue weighted by molar-refractivity contribution is -0.141. The average Bonchev–Trinajstić information content (AvgIpc) is 3.21. The van der Waals surface area contributed by atoms with Crippen molar-refractivity contribution in [1.29, 1.82) is 0 Å². The second-order valence-electron chi connectivity index (χ2n) is 6.87. The number of carboxylic acids is 1. The fraction of sp³-hybridized carbons (Fsp3) is 0.706. The van der Waals surface area contributed by atoms with Crippen LogP contribution in [0, 0.1) is 5.92 Å². The van der Waals surface area contributed by atoms with Crippen LogP contribution in [0.5, 0.6) is 0 Å². The van der Waals surface area contributed by atoms with Crippen molar-refractivity contribution in [2.45, 2.75) is 57.7 Å². The van der Waals surface area contributed by atoms with Crippen LogP contribution in [0.4, 0.5) is 0 Å². The van der Waals surface area contributed by atoms with E-state index in [2.05, 4.69) is 0 Å². The van der Waals surface area contributed by atoms with Crippen LogP contribution in [-0.2, 0) is 23.9 Å². The summed E-state index contributed by atoms with van der Waals surface area (Å²) in [6.07, 6.45) is 0.194. The molecule has 2 N–H and O–H groups in total. The van der Waals surface area contributed by atoms with Gasteiger partial charge in [-0.2, -0.15) is 0 Å². The number of carbonyl (C=O) groups excluding carboxylic acids is 2. The van der Waals surface area contributed by atoms with Crippen molar-refractivity contribution in [3.05, 3.63) is 11.1 Å². The maximum Gasteiger partial charge on any atom is 0.341 e. The van der Waals surface area contributed by atoms with Gasteiger partial charge in [0.15, 0.2) is 5.78 Å². The molecule has 0 aromatic rings. The van der Waals surface area contributed by atoms with E-state index in [9.17, 15) is 19.5 Å². The Morgan fingerprint density at radius 2 is 2.00 bits per heavy atom. The fourth-order valence-electron chi connectivity index (χ4n) is 3.14. The fourth-order valence-corrected chi connectivity index (χ4v) is 3.14. The van der Waals surface area contributed by atoms with Gasteiger partial charge in [-0.05, 0) is 39.2 Å². The number of esters is 1.